The molecule has 0 aliphatic carbocycles. The zero-order chi connectivity index (χ0) is 19.5. The number of benzene rings is 1. The van der Waals surface area contributed by atoms with Crippen LogP contribution in [0.15, 0.2) is 47.0 Å². The van der Waals surface area contributed by atoms with Crippen molar-refractivity contribution in [1.82, 2.24) is 4.90 Å². The summed E-state index contributed by atoms with van der Waals surface area (Å²) < 4.78 is 10.2. The SMILES string of the molecule is CCOC(=O)C(=CC=C(C(=O)OCC)N(C)C)SCc1ccc(C)cc1. The number of thioether (sulfide) groups is 1. The van der Waals surface area contributed by atoms with Crippen molar-refractivity contribution >= 4 is 23.7 Å². The molecule has 1 aromatic rings. The number of rotatable bonds is 9. The monoisotopic (exact) mass is 377 g/mol. The number of ether oxygens (including phenoxy) is 2. The highest BCUT2D eigenvalue weighted by Crippen LogP contribution is 2.23. The molecule has 0 saturated carbocycles. The molecule has 1 aromatic carbocycles. The Kier molecular flexibility index (Phi) is 9.58. The molecule has 0 heterocycles. The number of nitrogens with zero attached hydrogens (tertiary/aromatic N) is 1. The fraction of sp³-hybridized carbons (Fsp3) is 0.400. The Morgan fingerprint density at radius 2 is 1.58 bits per heavy atom. The van der Waals surface area contributed by atoms with Gasteiger partial charge in [-0.2, -0.15) is 0 Å². The third kappa shape index (κ3) is 7.35. The average Bonchev–Trinajstić information content (AvgIpc) is 2.59. The molecule has 0 aliphatic heterocycles. The summed E-state index contributed by atoms with van der Waals surface area (Å²) >= 11 is 1.38. The topological polar surface area (TPSA) is 55.8 Å². The second-order valence-corrected chi connectivity index (χ2v) is 6.71. The summed E-state index contributed by atoms with van der Waals surface area (Å²) in [6.45, 7) is 6.14. The van der Waals surface area contributed by atoms with Crippen molar-refractivity contribution in [3.63, 3.8) is 0 Å². The van der Waals surface area contributed by atoms with Gasteiger partial charge in [0.25, 0.3) is 0 Å². The number of aryl methyl sites for hydroxylation is 1. The van der Waals surface area contributed by atoms with Gasteiger partial charge in [-0.1, -0.05) is 29.8 Å². The number of esters is 2. The first-order chi connectivity index (χ1) is 12.4. The first kappa shape index (κ1) is 21.8. The molecule has 0 amide bonds. The molecule has 142 valence electrons. The maximum atomic E-state index is 12.2. The molecule has 0 N–H and O–H groups in total. The van der Waals surface area contributed by atoms with Crippen molar-refractivity contribution in [2.24, 2.45) is 0 Å². The Balaban J connectivity index is 3.00. The Morgan fingerprint density at radius 1 is 1.00 bits per heavy atom. The van der Waals surface area contributed by atoms with Gasteiger partial charge in [-0.3, -0.25) is 0 Å². The van der Waals surface area contributed by atoms with E-state index in [4.69, 9.17) is 9.47 Å². The smallest absolute Gasteiger partial charge is 0.354 e. The van der Waals surface area contributed by atoms with Gasteiger partial charge in [-0.05, 0) is 38.5 Å². The third-order valence-corrected chi connectivity index (χ3v) is 4.44. The van der Waals surface area contributed by atoms with Crippen LogP contribution in [0, 0.1) is 6.92 Å². The molecule has 0 unspecified atom stereocenters. The van der Waals surface area contributed by atoms with Crippen molar-refractivity contribution in [3.05, 3.63) is 58.1 Å². The highest BCUT2D eigenvalue weighted by atomic mass is 32.2. The fourth-order valence-electron chi connectivity index (χ4n) is 1.98. The van der Waals surface area contributed by atoms with Crippen molar-refractivity contribution in [1.29, 1.82) is 0 Å². The van der Waals surface area contributed by atoms with Gasteiger partial charge in [-0.25, -0.2) is 9.59 Å². The minimum absolute atomic E-state index is 0.292. The summed E-state index contributed by atoms with van der Waals surface area (Å²) in [4.78, 5) is 26.3. The molecule has 0 aliphatic rings. The lowest BCUT2D eigenvalue weighted by molar-refractivity contribution is -0.140. The lowest BCUT2D eigenvalue weighted by Crippen LogP contribution is -2.21. The summed E-state index contributed by atoms with van der Waals surface area (Å²) in [6, 6.07) is 8.14. The molecule has 0 bridgehead atoms. The molecular weight excluding hydrogens is 350 g/mol. The fourth-order valence-corrected chi connectivity index (χ4v) is 2.84. The first-order valence-electron chi connectivity index (χ1n) is 8.50. The summed E-state index contributed by atoms with van der Waals surface area (Å²) in [5.74, 6) is -0.196. The first-order valence-corrected chi connectivity index (χ1v) is 9.49. The van der Waals surface area contributed by atoms with E-state index < -0.39 is 11.9 Å². The van der Waals surface area contributed by atoms with Gasteiger partial charge >= 0.3 is 11.9 Å². The van der Waals surface area contributed by atoms with E-state index in [9.17, 15) is 9.59 Å². The molecule has 0 atom stereocenters. The molecule has 0 saturated heterocycles. The molecule has 6 heteroatoms. The van der Waals surface area contributed by atoms with E-state index in [0.29, 0.717) is 29.6 Å². The predicted molar refractivity (Wildman–Crippen MR) is 106 cm³/mol. The van der Waals surface area contributed by atoms with E-state index in [1.54, 1.807) is 45.0 Å². The molecule has 26 heavy (non-hydrogen) atoms. The summed E-state index contributed by atoms with van der Waals surface area (Å²) in [5.41, 5.74) is 2.66. The molecule has 0 fully saturated rings. The van der Waals surface area contributed by atoms with Crippen LogP contribution in [-0.4, -0.2) is 44.1 Å². The number of carbonyl (C=O) groups is 2. The minimum atomic E-state index is -0.430. The molecule has 5 nitrogen and oxygen atoms in total. The van der Waals surface area contributed by atoms with E-state index in [1.807, 2.05) is 31.2 Å². The quantitative estimate of drug-likeness (QED) is 0.372. The average molecular weight is 378 g/mol. The van der Waals surface area contributed by atoms with Gasteiger partial charge in [0.2, 0.25) is 0 Å². The zero-order valence-electron chi connectivity index (χ0n) is 16.1. The van der Waals surface area contributed by atoms with E-state index in [1.165, 1.54) is 17.3 Å². The zero-order valence-corrected chi connectivity index (χ0v) is 16.9. The van der Waals surface area contributed by atoms with Crippen LogP contribution < -0.4 is 0 Å². The third-order valence-electron chi connectivity index (χ3n) is 3.35. The Bertz CT molecular complexity index is 663. The number of hydrogen-bond acceptors (Lipinski definition) is 6. The van der Waals surface area contributed by atoms with Gasteiger partial charge in [0.05, 0.1) is 18.1 Å². The van der Waals surface area contributed by atoms with Gasteiger partial charge in [-0.15, -0.1) is 11.8 Å². The number of likely N-dealkylation sites (N-methyl/N-ethyl adjacent to an activating group) is 1. The molecule has 0 radical (unpaired) electrons. The number of carbonyl (C=O) groups excluding carboxylic acids is 2. The van der Waals surface area contributed by atoms with Crippen molar-refractivity contribution < 1.29 is 19.1 Å². The van der Waals surface area contributed by atoms with Crippen LogP contribution in [0.25, 0.3) is 0 Å². The summed E-state index contributed by atoms with van der Waals surface area (Å²) in [5, 5.41) is 0. The lowest BCUT2D eigenvalue weighted by Gasteiger charge is -2.15. The lowest BCUT2D eigenvalue weighted by atomic mass is 10.2. The van der Waals surface area contributed by atoms with Crippen molar-refractivity contribution in [2.75, 3.05) is 27.3 Å². The highest BCUT2D eigenvalue weighted by molar-refractivity contribution is 8.03. The van der Waals surface area contributed by atoms with Gasteiger partial charge in [0, 0.05) is 19.8 Å². The maximum Gasteiger partial charge on any atom is 0.354 e. The van der Waals surface area contributed by atoms with Gasteiger partial charge in [0.1, 0.15) is 5.70 Å². The van der Waals surface area contributed by atoms with Gasteiger partial charge in [0.15, 0.2) is 0 Å². The van der Waals surface area contributed by atoms with Gasteiger partial charge < -0.3 is 14.4 Å². The Hall–Kier alpha value is -2.21. The standard InChI is InChI=1S/C20H27NO4S/c1-6-24-19(22)17(21(4)5)12-13-18(20(23)25-7-2)26-14-16-10-8-15(3)9-11-16/h8-13H,6-7,14H2,1-5H3. The van der Waals surface area contributed by atoms with Crippen molar-refractivity contribution in [3.8, 4) is 0 Å². The predicted octanol–water partition coefficient (Wildman–Crippen LogP) is 3.68. The Labute approximate surface area is 160 Å². The van der Waals surface area contributed by atoms with Crippen molar-refractivity contribution in [2.45, 2.75) is 26.5 Å². The summed E-state index contributed by atoms with van der Waals surface area (Å²) in [7, 11) is 3.50. The molecular formula is C20H27NO4S. The van der Waals surface area contributed by atoms with Crippen LogP contribution in [0.3, 0.4) is 0 Å². The van der Waals surface area contributed by atoms with Crippen LogP contribution in [0.1, 0.15) is 25.0 Å². The largest absolute Gasteiger partial charge is 0.462 e. The molecule has 0 spiro atoms. The highest BCUT2D eigenvalue weighted by Gasteiger charge is 2.14. The van der Waals surface area contributed by atoms with Crippen LogP contribution in [0.2, 0.25) is 0 Å². The van der Waals surface area contributed by atoms with E-state index in [2.05, 4.69) is 0 Å². The number of hydrogen-bond donors (Lipinski definition) is 0. The molecule has 1 rings (SSSR count). The summed E-state index contributed by atoms with van der Waals surface area (Å²) in [6.07, 6.45) is 3.20. The van der Waals surface area contributed by atoms with E-state index in [-0.39, 0.29) is 0 Å². The van der Waals surface area contributed by atoms with Crippen LogP contribution in [0.5, 0.6) is 0 Å². The second kappa shape index (κ2) is 11.4. The van der Waals surface area contributed by atoms with Crippen LogP contribution >= 0.6 is 11.8 Å². The van der Waals surface area contributed by atoms with E-state index >= 15 is 0 Å². The second-order valence-electron chi connectivity index (χ2n) is 5.69. The van der Waals surface area contributed by atoms with Crippen LogP contribution in [0.4, 0.5) is 0 Å². The Morgan fingerprint density at radius 3 is 2.12 bits per heavy atom. The van der Waals surface area contributed by atoms with Crippen LogP contribution in [-0.2, 0) is 24.8 Å². The molecule has 0 aromatic heterocycles. The van der Waals surface area contributed by atoms with E-state index in [0.717, 1.165) is 5.56 Å². The number of allylic oxidation sites excluding steroid dienone is 2. The maximum absolute atomic E-state index is 12.2. The minimum Gasteiger partial charge on any atom is -0.462 e. The normalized spacial score (nSPS) is 11.9.